The van der Waals surface area contributed by atoms with E-state index in [-0.39, 0.29) is 11.4 Å². The summed E-state index contributed by atoms with van der Waals surface area (Å²) in [5.74, 6) is 0.898. The minimum atomic E-state index is -0.0886. The molecule has 0 aromatic heterocycles. The Balaban J connectivity index is 1.98. The van der Waals surface area contributed by atoms with Gasteiger partial charge in [0, 0.05) is 21.7 Å². The van der Waals surface area contributed by atoms with Crippen molar-refractivity contribution < 1.29 is 9.53 Å². The van der Waals surface area contributed by atoms with Crippen LogP contribution in [0.3, 0.4) is 0 Å². The minimum Gasteiger partial charge on any atom is -0.469 e. The van der Waals surface area contributed by atoms with Crippen LogP contribution in [0.15, 0.2) is 27.6 Å². The summed E-state index contributed by atoms with van der Waals surface area (Å²) in [5.41, 5.74) is 1.46. The fourth-order valence-corrected chi connectivity index (χ4v) is 3.92. The largest absolute Gasteiger partial charge is 0.469 e. The quantitative estimate of drug-likeness (QED) is 0.597. The average Bonchev–Trinajstić information content (AvgIpc) is 3.18. The van der Waals surface area contributed by atoms with Crippen LogP contribution in [0.25, 0.3) is 0 Å². The summed E-state index contributed by atoms with van der Waals surface area (Å²) in [4.78, 5) is 12.7. The van der Waals surface area contributed by atoms with Gasteiger partial charge in [0.1, 0.15) is 0 Å². The van der Waals surface area contributed by atoms with Crippen LogP contribution in [0.2, 0.25) is 0 Å². The van der Waals surface area contributed by atoms with Crippen molar-refractivity contribution in [2.45, 2.75) is 30.7 Å². The predicted molar refractivity (Wildman–Crippen MR) is 85.9 cm³/mol. The average molecular weight is 358 g/mol. The van der Waals surface area contributed by atoms with Gasteiger partial charge in [0.25, 0.3) is 0 Å². The van der Waals surface area contributed by atoms with E-state index < -0.39 is 0 Å². The number of ether oxygens (including phenoxy) is 1. The van der Waals surface area contributed by atoms with Gasteiger partial charge in [0.05, 0.1) is 13.5 Å². The van der Waals surface area contributed by atoms with Crippen molar-refractivity contribution in [2.24, 2.45) is 5.41 Å². The molecular formula is C15H20BrNO2S. The van der Waals surface area contributed by atoms with E-state index in [1.54, 1.807) is 0 Å². The maximum Gasteiger partial charge on any atom is 0.306 e. The second-order valence-electron chi connectivity index (χ2n) is 5.32. The Hall–Kier alpha value is -0.520. The SMILES string of the molecule is CNCc1cc(Br)ccc1SCC1(CC(=O)OC)CC1. The van der Waals surface area contributed by atoms with Gasteiger partial charge < -0.3 is 10.1 Å². The van der Waals surface area contributed by atoms with E-state index in [4.69, 9.17) is 4.74 Å². The topological polar surface area (TPSA) is 38.3 Å². The summed E-state index contributed by atoms with van der Waals surface area (Å²) in [6, 6.07) is 6.37. The van der Waals surface area contributed by atoms with Crippen LogP contribution >= 0.6 is 27.7 Å². The normalized spacial score (nSPS) is 15.9. The van der Waals surface area contributed by atoms with Crippen LogP contribution in [0.4, 0.5) is 0 Å². The minimum absolute atomic E-state index is 0.0886. The van der Waals surface area contributed by atoms with Gasteiger partial charge >= 0.3 is 5.97 Å². The van der Waals surface area contributed by atoms with Crippen LogP contribution in [0, 0.1) is 5.41 Å². The molecule has 5 heteroatoms. The lowest BCUT2D eigenvalue weighted by atomic mass is 10.1. The Bertz CT molecular complexity index is 489. The van der Waals surface area contributed by atoms with E-state index in [0.29, 0.717) is 6.42 Å². The number of esters is 1. The maximum atomic E-state index is 11.4. The first kappa shape index (κ1) is 15.9. The van der Waals surface area contributed by atoms with Crippen molar-refractivity contribution in [1.29, 1.82) is 0 Å². The van der Waals surface area contributed by atoms with Crippen LogP contribution < -0.4 is 5.32 Å². The molecule has 0 bridgehead atoms. The van der Waals surface area contributed by atoms with Crippen LogP contribution in [-0.2, 0) is 16.1 Å². The lowest BCUT2D eigenvalue weighted by molar-refractivity contribution is -0.141. The first-order chi connectivity index (χ1) is 9.58. The molecule has 0 radical (unpaired) electrons. The molecule has 0 heterocycles. The van der Waals surface area contributed by atoms with E-state index in [1.807, 2.05) is 18.8 Å². The van der Waals surface area contributed by atoms with Gasteiger partial charge in [0.2, 0.25) is 0 Å². The zero-order chi connectivity index (χ0) is 14.6. The first-order valence-electron chi connectivity index (χ1n) is 6.71. The molecule has 1 aromatic rings. The molecular weight excluding hydrogens is 338 g/mol. The molecule has 1 aliphatic rings. The number of hydrogen-bond acceptors (Lipinski definition) is 4. The Morgan fingerprint density at radius 3 is 2.85 bits per heavy atom. The zero-order valence-electron chi connectivity index (χ0n) is 11.9. The molecule has 0 amide bonds. The fourth-order valence-electron chi connectivity index (χ4n) is 2.18. The molecule has 1 saturated carbocycles. The summed E-state index contributed by atoms with van der Waals surface area (Å²) < 4.78 is 5.89. The molecule has 0 atom stereocenters. The summed E-state index contributed by atoms with van der Waals surface area (Å²) in [6.07, 6.45) is 2.81. The van der Waals surface area contributed by atoms with E-state index in [1.165, 1.54) is 17.6 Å². The molecule has 0 unspecified atom stereocenters. The van der Waals surface area contributed by atoms with E-state index in [9.17, 15) is 4.79 Å². The molecule has 1 N–H and O–H groups in total. The Kier molecular flexibility index (Phi) is 5.52. The highest BCUT2D eigenvalue weighted by atomic mass is 79.9. The summed E-state index contributed by atoms with van der Waals surface area (Å²) in [5, 5.41) is 3.20. The van der Waals surface area contributed by atoms with Gasteiger partial charge in [-0.15, -0.1) is 11.8 Å². The Morgan fingerprint density at radius 2 is 2.25 bits per heavy atom. The number of carbonyl (C=O) groups is 1. The molecule has 0 spiro atoms. The highest BCUT2D eigenvalue weighted by Crippen LogP contribution is 2.52. The fraction of sp³-hybridized carbons (Fsp3) is 0.533. The third-order valence-electron chi connectivity index (χ3n) is 3.63. The van der Waals surface area contributed by atoms with Crippen LogP contribution in [0.5, 0.6) is 0 Å². The smallest absolute Gasteiger partial charge is 0.306 e. The summed E-state index contributed by atoms with van der Waals surface area (Å²) >= 11 is 5.36. The highest BCUT2D eigenvalue weighted by molar-refractivity contribution is 9.10. The third kappa shape index (κ3) is 4.24. The van der Waals surface area contributed by atoms with E-state index >= 15 is 0 Å². The van der Waals surface area contributed by atoms with Crippen molar-refractivity contribution in [3.05, 3.63) is 28.2 Å². The third-order valence-corrected chi connectivity index (χ3v) is 5.59. The molecule has 0 saturated heterocycles. The van der Waals surface area contributed by atoms with Gasteiger partial charge in [-0.25, -0.2) is 0 Å². The number of halogens is 1. The van der Waals surface area contributed by atoms with Crippen molar-refractivity contribution in [1.82, 2.24) is 5.32 Å². The maximum absolute atomic E-state index is 11.4. The zero-order valence-corrected chi connectivity index (χ0v) is 14.3. The second-order valence-corrected chi connectivity index (χ2v) is 7.26. The molecule has 3 nitrogen and oxygen atoms in total. The molecule has 20 heavy (non-hydrogen) atoms. The number of methoxy groups -OCH3 is 1. The number of hydrogen-bond donors (Lipinski definition) is 1. The van der Waals surface area contributed by atoms with Crippen molar-refractivity contribution in [3.8, 4) is 0 Å². The number of nitrogens with one attached hydrogen (secondary N) is 1. The van der Waals surface area contributed by atoms with Gasteiger partial charge in [0.15, 0.2) is 0 Å². The van der Waals surface area contributed by atoms with Crippen LogP contribution in [0.1, 0.15) is 24.8 Å². The van der Waals surface area contributed by atoms with Crippen LogP contribution in [-0.4, -0.2) is 25.9 Å². The Labute approximate surface area is 133 Å². The number of carbonyl (C=O) groups excluding carboxylic acids is 1. The van der Waals surface area contributed by atoms with Gasteiger partial charge in [-0.3, -0.25) is 4.79 Å². The van der Waals surface area contributed by atoms with Gasteiger partial charge in [-0.05, 0) is 49.1 Å². The Morgan fingerprint density at radius 1 is 1.50 bits per heavy atom. The van der Waals surface area contributed by atoms with Crippen molar-refractivity contribution in [3.63, 3.8) is 0 Å². The molecule has 1 aliphatic carbocycles. The molecule has 2 rings (SSSR count). The molecule has 0 aliphatic heterocycles. The lowest BCUT2D eigenvalue weighted by Gasteiger charge is -2.15. The van der Waals surface area contributed by atoms with Crippen molar-refractivity contribution >= 4 is 33.7 Å². The van der Waals surface area contributed by atoms with Gasteiger partial charge in [-0.1, -0.05) is 15.9 Å². The molecule has 1 aromatic carbocycles. The standard InChI is InChI=1S/C15H20BrNO2S/c1-17-9-11-7-12(16)3-4-13(11)20-10-15(5-6-15)8-14(18)19-2/h3-4,7,17H,5-6,8-10H2,1-2H3. The predicted octanol–water partition coefficient (Wildman–Crippen LogP) is 3.60. The van der Waals surface area contributed by atoms with E-state index in [2.05, 4.69) is 39.4 Å². The van der Waals surface area contributed by atoms with E-state index in [0.717, 1.165) is 29.6 Å². The second kappa shape index (κ2) is 6.96. The number of thioether (sulfide) groups is 1. The summed E-state index contributed by atoms with van der Waals surface area (Å²) in [7, 11) is 3.42. The monoisotopic (exact) mass is 357 g/mol. The first-order valence-corrected chi connectivity index (χ1v) is 8.49. The number of benzene rings is 1. The number of rotatable bonds is 7. The molecule has 1 fully saturated rings. The molecule has 110 valence electrons. The van der Waals surface area contributed by atoms with Gasteiger partial charge in [-0.2, -0.15) is 0 Å². The van der Waals surface area contributed by atoms with Crippen molar-refractivity contribution in [2.75, 3.05) is 19.9 Å². The lowest BCUT2D eigenvalue weighted by Crippen LogP contribution is -2.13. The highest BCUT2D eigenvalue weighted by Gasteiger charge is 2.44. The summed E-state index contributed by atoms with van der Waals surface area (Å²) in [6.45, 7) is 0.853.